The fourth-order valence-electron chi connectivity index (χ4n) is 4.79. The van der Waals surface area contributed by atoms with Crippen LogP contribution in [0.1, 0.15) is 120 Å². The number of rotatable bonds is 10. The summed E-state index contributed by atoms with van der Waals surface area (Å²) >= 11 is 0. The van der Waals surface area contributed by atoms with E-state index in [0.29, 0.717) is 0 Å². The third kappa shape index (κ3) is 10.2. The maximum Gasteiger partial charge on any atom is 0.417 e. The van der Waals surface area contributed by atoms with E-state index in [2.05, 4.69) is 29.6 Å². The van der Waals surface area contributed by atoms with Gasteiger partial charge in [-0.15, -0.1) is 0 Å². The highest BCUT2D eigenvalue weighted by Crippen LogP contribution is 2.40. The minimum atomic E-state index is -4.55. The van der Waals surface area contributed by atoms with Crippen molar-refractivity contribution >= 4 is 11.8 Å². The number of aromatic nitrogens is 2. The lowest BCUT2D eigenvalue weighted by Crippen LogP contribution is -2.44. The van der Waals surface area contributed by atoms with Crippen LogP contribution in [-0.2, 0) is 11.0 Å². The number of nitrogens with zero attached hydrogens (tertiary/aromatic N) is 2. The average molecular weight is 581 g/mol. The minimum Gasteiger partial charge on any atom is -0.396 e. The number of unbranched alkanes of at least 4 members (excludes halogenated alkanes) is 1. The molecule has 3 N–H and O–H groups in total. The topological polar surface area (TPSA) is 96.3 Å². The van der Waals surface area contributed by atoms with Gasteiger partial charge in [-0.3, -0.25) is 14.3 Å². The number of aliphatic hydroxyl groups is 1. The number of aliphatic hydroxyl groups excluding tert-OH is 1. The number of hydrogen-bond donors (Lipinski definition) is 3. The van der Waals surface area contributed by atoms with Crippen LogP contribution in [0, 0.1) is 0 Å². The fraction of sp³-hybridized carbons (Fsp3) is 0.645. The molecule has 2 aliphatic carbocycles. The molecule has 1 unspecified atom stereocenters. The van der Waals surface area contributed by atoms with Gasteiger partial charge in [0.2, 0.25) is 5.91 Å². The van der Waals surface area contributed by atoms with Crippen LogP contribution in [0.2, 0.25) is 0 Å². The summed E-state index contributed by atoms with van der Waals surface area (Å²) in [7, 11) is 0. The smallest absolute Gasteiger partial charge is 0.396 e. The van der Waals surface area contributed by atoms with E-state index in [4.69, 9.17) is 0 Å². The minimum absolute atomic E-state index is 0.00813. The van der Waals surface area contributed by atoms with Gasteiger partial charge in [0.1, 0.15) is 0 Å². The first kappa shape index (κ1) is 34.3. The Balaban J connectivity index is 0.000000902. The predicted molar refractivity (Wildman–Crippen MR) is 155 cm³/mol. The molecule has 2 aromatic rings. The van der Waals surface area contributed by atoms with Gasteiger partial charge in [0.25, 0.3) is 5.91 Å². The molecule has 1 aromatic carbocycles. The number of carbonyl (C=O) groups is 2. The summed E-state index contributed by atoms with van der Waals surface area (Å²) in [5, 5.41) is 19.5. The summed E-state index contributed by atoms with van der Waals surface area (Å²) in [5.41, 5.74) is -0.565. The predicted octanol–water partition coefficient (Wildman–Crippen LogP) is 7.06. The molecule has 2 saturated carbocycles. The standard InChI is InChI=1S/C25H31F3N4O3.C4H10.C2H6/c26-25(27,28)20-11-4-3-10-19(20)22-15-21(31-32(22)18-8-1-2-9-18)24(35)30-17(12-13-33)14-23(34)29-16-6-5-7-16;1-3-4-2;1-2/h3-4,10-11,15-18,33H,1-2,5-9,12-14H2,(H,29,34)(H,30,35);3-4H2,1-2H3;1-2H3. The summed E-state index contributed by atoms with van der Waals surface area (Å²) in [6.07, 6.45) is 4.66. The maximum atomic E-state index is 13.7. The van der Waals surface area contributed by atoms with Crippen molar-refractivity contribution in [2.75, 3.05) is 6.61 Å². The van der Waals surface area contributed by atoms with Gasteiger partial charge >= 0.3 is 6.18 Å². The summed E-state index contributed by atoms with van der Waals surface area (Å²) in [6.45, 7) is 8.14. The highest BCUT2D eigenvalue weighted by molar-refractivity contribution is 5.94. The van der Waals surface area contributed by atoms with E-state index in [-0.39, 0.29) is 54.4 Å². The highest BCUT2D eigenvalue weighted by Gasteiger charge is 2.35. The molecule has 10 heteroatoms. The molecule has 1 atom stereocenters. The molecule has 0 bridgehead atoms. The van der Waals surface area contributed by atoms with Crippen LogP contribution < -0.4 is 10.6 Å². The molecule has 2 amide bonds. The van der Waals surface area contributed by atoms with E-state index in [1.165, 1.54) is 37.1 Å². The number of carbonyl (C=O) groups excluding carboxylic acids is 2. The lowest BCUT2D eigenvalue weighted by Gasteiger charge is -2.27. The largest absolute Gasteiger partial charge is 0.417 e. The van der Waals surface area contributed by atoms with E-state index in [1.807, 2.05) is 13.8 Å². The van der Waals surface area contributed by atoms with Gasteiger partial charge < -0.3 is 15.7 Å². The third-order valence-corrected chi connectivity index (χ3v) is 7.36. The Kier molecular flexibility index (Phi) is 14.4. The fourth-order valence-corrected chi connectivity index (χ4v) is 4.79. The SMILES string of the molecule is CC.CCCC.O=C(CC(CCO)NC(=O)c1cc(-c2ccccc2C(F)(F)F)n(C2CCCC2)n1)NC1CCC1. The van der Waals surface area contributed by atoms with Gasteiger partial charge in [-0.2, -0.15) is 18.3 Å². The zero-order valence-electron chi connectivity index (χ0n) is 24.9. The van der Waals surface area contributed by atoms with Crippen LogP contribution in [0.5, 0.6) is 0 Å². The summed E-state index contributed by atoms with van der Waals surface area (Å²) in [5.74, 6) is -0.785. The van der Waals surface area contributed by atoms with Crippen molar-refractivity contribution in [3.63, 3.8) is 0 Å². The summed E-state index contributed by atoms with van der Waals surface area (Å²) in [4.78, 5) is 25.4. The molecule has 2 fully saturated rings. The first-order valence-corrected chi connectivity index (χ1v) is 15.1. The number of benzene rings is 1. The molecule has 0 aliphatic heterocycles. The first-order chi connectivity index (χ1) is 19.7. The number of alkyl halides is 3. The second kappa shape index (κ2) is 17.2. The van der Waals surface area contributed by atoms with Gasteiger partial charge in [0, 0.05) is 30.7 Å². The lowest BCUT2D eigenvalue weighted by atomic mass is 9.93. The zero-order valence-corrected chi connectivity index (χ0v) is 24.9. The van der Waals surface area contributed by atoms with Gasteiger partial charge in [0.05, 0.1) is 17.3 Å². The third-order valence-electron chi connectivity index (χ3n) is 7.36. The van der Waals surface area contributed by atoms with E-state index < -0.39 is 23.7 Å². The summed E-state index contributed by atoms with van der Waals surface area (Å²) < 4.78 is 42.8. The molecule has 4 rings (SSSR count). The van der Waals surface area contributed by atoms with Gasteiger partial charge in [-0.25, -0.2) is 0 Å². The maximum absolute atomic E-state index is 13.7. The second-order valence-corrected chi connectivity index (χ2v) is 10.4. The zero-order chi connectivity index (χ0) is 30.4. The van der Waals surface area contributed by atoms with Crippen LogP contribution in [0.15, 0.2) is 30.3 Å². The van der Waals surface area contributed by atoms with Crippen molar-refractivity contribution in [1.29, 1.82) is 0 Å². The first-order valence-electron chi connectivity index (χ1n) is 15.1. The van der Waals surface area contributed by atoms with Crippen molar-refractivity contribution < 1.29 is 27.9 Å². The van der Waals surface area contributed by atoms with Gasteiger partial charge in [-0.05, 0) is 50.7 Å². The van der Waals surface area contributed by atoms with Crippen LogP contribution in [0.3, 0.4) is 0 Å². The van der Waals surface area contributed by atoms with E-state index >= 15 is 0 Å². The van der Waals surface area contributed by atoms with Crippen LogP contribution in [-0.4, -0.2) is 45.4 Å². The average Bonchev–Trinajstić information content (AvgIpc) is 3.62. The molecule has 0 radical (unpaired) electrons. The number of amides is 2. The number of nitrogens with one attached hydrogen (secondary N) is 2. The lowest BCUT2D eigenvalue weighted by molar-refractivity contribution is -0.137. The normalized spacial score (nSPS) is 16.0. The highest BCUT2D eigenvalue weighted by atomic mass is 19.4. The quantitative estimate of drug-likeness (QED) is 0.280. The van der Waals surface area contributed by atoms with E-state index in [1.54, 1.807) is 4.68 Å². The molecule has 0 spiro atoms. The van der Waals surface area contributed by atoms with Crippen LogP contribution in [0.25, 0.3) is 11.3 Å². The Morgan fingerprint density at radius 2 is 1.68 bits per heavy atom. The van der Waals surface area contributed by atoms with Crippen molar-refractivity contribution in [3.8, 4) is 11.3 Å². The van der Waals surface area contributed by atoms with Crippen LogP contribution >= 0.6 is 0 Å². The van der Waals surface area contributed by atoms with E-state index in [0.717, 1.165) is 51.0 Å². The van der Waals surface area contributed by atoms with Crippen molar-refractivity contribution in [1.82, 2.24) is 20.4 Å². The molecule has 230 valence electrons. The Hall–Kier alpha value is -2.88. The Morgan fingerprint density at radius 1 is 1.05 bits per heavy atom. The van der Waals surface area contributed by atoms with Crippen LogP contribution in [0.4, 0.5) is 13.2 Å². The number of halogens is 3. The number of hydrogen-bond acceptors (Lipinski definition) is 4. The van der Waals surface area contributed by atoms with E-state index in [9.17, 15) is 27.9 Å². The molecule has 1 aromatic heterocycles. The van der Waals surface area contributed by atoms with Gasteiger partial charge in [0.15, 0.2) is 5.69 Å². The molecule has 41 heavy (non-hydrogen) atoms. The molecule has 0 saturated heterocycles. The Labute approximate surface area is 242 Å². The summed E-state index contributed by atoms with van der Waals surface area (Å²) in [6, 6.07) is 6.14. The molecule has 7 nitrogen and oxygen atoms in total. The van der Waals surface area contributed by atoms with Gasteiger partial charge in [-0.1, -0.05) is 71.6 Å². The van der Waals surface area contributed by atoms with Crippen molar-refractivity contribution in [2.24, 2.45) is 0 Å². The molecule has 1 heterocycles. The van der Waals surface area contributed by atoms with Crippen molar-refractivity contribution in [3.05, 3.63) is 41.6 Å². The Bertz CT molecular complexity index is 1070. The molecular formula is C31H47F3N4O3. The second-order valence-electron chi connectivity index (χ2n) is 10.4. The molecule has 2 aliphatic rings. The molecular weight excluding hydrogens is 533 g/mol. The Morgan fingerprint density at radius 3 is 2.22 bits per heavy atom. The monoisotopic (exact) mass is 580 g/mol. The van der Waals surface area contributed by atoms with Crippen molar-refractivity contribution in [2.45, 2.75) is 123 Å².